The number of carbonyl (C=O) groups is 1. The average Bonchev–Trinajstić information content (AvgIpc) is 2.34. The van der Waals surface area contributed by atoms with E-state index in [0.717, 1.165) is 25.0 Å². The Morgan fingerprint density at radius 3 is 2.33 bits per heavy atom. The summed E-state index contributed by atoms with van der Waals surface area (Å²) in [5.41, 5.74) is 0.104. The van der Waals surface area contributed by atoms with Gasteiger partial charge < -0.3 is 20.1 Å². The van der Waals surface area contributed by atoms with E-state index in [2.05, 4.69) is 0 Å². The highest BCUT2D eigenvalue weighted by Gasteiger charge is 2.19. The normalized spacial score (nSPS) is 12.3. The maximum atomic E-state index is 11.9. The van der Waals surface area contributed by atoms with Gasteiger partial charge in [-0.25, -0.2) is 0 Å². The second-order valence-electron chi connectivity index (χ2n) is 4.09. The molecular weight excluding hydrogens is 236 g/mol. The van der Waals surface area contributed by atoms with E-state index in [4.69, 9.17) is 4.74 Å². The molecule has 0 spiro atoms. The van der Waals surface area contributed by atoms with Crippen molar-refractivity contribution in [3.8, 4) is 17.2 Å². The highest BCUT2D eigenvalue weighted by molar-refractivity contribution is 6.00. The van der Waals surface area contributed by atoms with Crippen molar-refractivity contribution in [3.63, 3.8) is 0 Å². The van der Waals surface area contributed by atoms with Gasteiger partial charge >= 0.3 is 0 Å². The van der Waals surface area contributed by atoms with Crippen molar-refractivity contribution in [2.75, 3.05) is 6.61 Å². The zero-order chi connectivity index (χ0) is 13.7. The number of Topliss-reactive ketones (excluding diaryl/α,β-unsaturated/α-hetero) is 1. The van der Waals surface area contributed by atoms with Crippen molar-refractivity contribution >= 4 is 5.78 Å². The molecule has 0 bridgehead atoms. The van der Waals surface area contributed by atoms with Gasteiger partial charge in [-0.05, 0) is 25.5 Å². The van der Waals surface area contributed by atoms with Gasteiger partial charge in [0.1, 0.15) is 6.10 Å². The molecule has 0 saturated heterocycles. The molecule has 0 aromatic heterocycles. The Labute approximate surface area is 106 Å². The molecule has 1 atom stereocenters. The van der Waals surface area contributed by atoms with E-state index in [1.807, 2.05) is 6.92 Å². The fraction of sp³-hybridized carbons (Fsp3) is 0.462. The molecule has 100 valence electrons. The number of unbranched alkanes of at least 4 members (excludes halogenated alkanes) is 1. The van der Waals surface area contributed by atoms with Crippen LogP contribution in [0.3, 0.4) is 0 Å². The monoisotopic (exact) mass is 254 g/mol. The van der Waals surface area contributed by atoms with Gasteiger partial charge in [0.05, 0.1) is 0 Å². The number of hydrogen-bond donors (Lipinski definition) is 3. The van der Waals surface area contributed by atoms with Gasteiger partial charge in [-0.3, -0.25) is 4.79 Å². The molecule has 5 heteroatoms. The van der Waals surface area contributed by atoms with E-state index < -0.39 is 23.4 Å². The van der Waals surface area contributed by atoms with Crippen molar-refractivity contribution in [3.05, 3.63) is 17.7 Å². The van der Waals surface area contributed by atoms with Crippen LogP contribution in [0.4, 0.5) is 0 Å². The minimum absolute atomic E-state index is 0.104. The molecule has 1 unspecified atom stereocenters. The lowest BCUT2D eigenvalue weighted by atomic mass is 10.1. The lowest BCUT2D eigenvalue weighted by Gasteiger charge is -2.12. The first-order valence-electron chi connectivity index (χ1n) is 5.88. The number of benzene rings is 1. The zero-order valence-corrected chi connectivity index (χ0v) is 10.5. The minimum atomic E-state index is -0.653. The molecule has 0 saturated carbocycles. The predicted molar refractivity (Wildman–Crippen MR) is 66.1 cm³/mol. The molecule has 0 amide bonds. The van der Waals surface area contributed by atoms with Crippen LogP contribution in [-0.4, -0.2) is 33.8 Å². The van der Waals surface area contributed by atoms with Crippen molar-refractivity contribution in [1.82, 2.24) is 0 Å². The molecule has 5 nitrogen and oxygen atoms in total. The molecule has 3 N–H and O–H groups in total. The van der Waals surface area contributed by atoms with Gasteiger partial charge in [0.2, 0.25) is 0 Å². The Balaban J connectivity index is 2.77. The molecule has 0 radical (unpaired) electrons. The summed E-state index contributed by atoms with van der Waals surface area (Å²) in [5.74, 6) is -2.04. The standard InChI is InChI=1S/C13H18O5/c1-3-4-5-18-8(2)12(16)9-6-10(14)13(17)11(15)7-9/h6-8,14-15,17H,3-5H2,1-2H3. The number of phenols is 3. The van der Waals surface area contributed by atoms with Crippen molar-refractivity contribution in [1.29, 1.82) is 0 Å². The van der Waals surface area contributed by atoms with E-state index in [-0.39, 0.29) is 11.3 Å². The van der Waals surface area contributed by atoms with Crippen molar-refractivity contribution in [2.45, 2.75) is 32.8 Å². The van der Waals surface area contributed by atoms with E-state index >= 15 is 0 Å². The zero-order valence-electron chi connectivity index (χ0n) is 10.5. The fourth-order valence-corrected chi connectivity index (χ4v) is 1.46. The van der Waals surface area contributed by atoms with Gasteiger partial charge in [-0.2, -0.15) is 0 Å². The molecule has 1 rings (SSSR count). The topological polar surface area (TPSA) is 87.0 Å². The van der Waals surface area contributed by atoms with Crippen molar-refractivity contribution in [2.24, 2.45) is 0 Å². The second-order valence-corrected chi connectivity index (χ2v) is 4.09. The average molecular weight is 254 g/mol. The SMILES string of the molecule is CCCCOC(C)C(=O)c1cc(O)c(O)c(O)c1. The first kappa shape index (κ1) is 14.3. The summed E-state index contributed by atoms with van der Waals surface area (Å²) in [6.45, 7) is 4.12. The Morgan fingerprint density at radius 1 is 1.28 bits per heavy atom. The highest BCUT2D eigenvalue weighted by atomic mass is 16.5. The van der Waals surface area contributed by atoms with Crippen LogP contribution in [0.15, 0.2) is 12.1 Å². The minimum Gasteiger partial charge on any atom is -0.504 e. The number of rotatable bonds is 6. The van der Waals surface area contributed by atoms with Gasteiger partial charge in [0.15, 0.2) is 23.0 Å². The van der Waals surface area contributed by atoms with E-state index in [0.29, 0.717) is 6.61 Å². The largest absolute Gasteiger partial charge is 0.504 e. The van der Waals surface area contributed by atoms with Gasteiger partial charge in [0.25, 0.3) is 0 Å². The number of ether oxygens (including phenoxy) is 1. The van der Waals surface area contributed by atoms with Crippen LogP contribution >= 0.6 is 0 Å². The van der Waals surface area contributed by atoms with Crippen molar-refractivity contribution < 1.29 is 24.9 Å². The summed E-state index contributed by atoms with van der Waals surface area (Å²) in [7, 11) is 0. The molecule has 0 fully saturated rings. The van der Waals surface area contributed by atoms with Crippen LogP contribution in [0.1, 0.15) is 37.0 Å². The van der Waals surface area contributed by atoms with Crippen LogP contribution in [0.25, 0.3) is 0 Å². The lowest BCUT2D eigenvalue weighted by Crippen LogP contribution is -2.21. The number of aromatic hydroxyl groups is 3. The lowest BCUT2D eigenvalue weighted by molar-refractivity contribution is 0.0467. The summed E-state index contributed by atoms with van der Waals surface area (Å²) in [6, 6.07) is 2.22. The highest BCUT2D eigenvalue weighted by Crippen LogP contribution is 2.35. The third-order valence-corrected chi connectivity index (χ3v) is 2.59. The number of carbonyl (C=O) groups excluding carboxylic acids is 1. The fourth-order valence-electron chi connectivity index (χ4n) is 1.46. The molecule has 1 aromatic rings. The molecule has 0 heterocycles. The maximum Gasteiger partial charge on any atom is 0.200 e. The third kappa shape index (κ3) is 3.37. The van der Waals surface area contributed by atoms with Gasteiger partial charge in [0, 0.05) is 12.2 Å². The summed E-state index contributed by atoms with van der Waals surface area (Å²) >= 11 is 0. The number of ketones is 1. The first-order chi connectivity index (χ1) is 8.47. The molecule has 0 aliphatic carbocycles. The van der Waals surface area contributed by atoms with Crippen LogP contribution in [-0.2, 0) is 4.74 Å². The van der Waals surface area contributed by atoms with Crippen LogP contribution in [0.2, 0.25) is 0 Å². The molecular formula is C13H18O5. The number of hydrogen-bond acceptors (Lipinski definition) is 5. The van der Waals surface area contributed by atoms with Crippen LogP contribution < -0.4 is 0 Å². The summed E-state index contributed by atoms with van der Waals surface area (Å²) in [4.78, 5) is 11.9. The molecule has 0 aliphatic rings. The van der Waals surface area contributed by atoms with E-state index in [9.17, 15) is 20.1 Å². The van der Waals surface area contributed by atoms with Crippen LogP contribution in [0, 0.1) is 0 Å². The molecule has 0 aliphatic heterocycles. The Hall–Kier alpha value is -1.75. The second kappa shape index (κ2) is 6.26. The smallest absolute Gasteiger partial charge is 0.200 e. The van der Waals surface area contributed by atoms with Gasteiger partial charge in [-0.15, -0.1) is 0 Å². The molecule has 1 aromatic carbocycles. The Bertz CT molecular complexity index is 404. The summed E-state index contributed by atoms with van der Waals surface area (Å²) < 4.78 is 5.33. The molecule has 18 heavy (non-hydrogen) atoms. The Morgan fingerprint density at radius 2 is 1.83 bits per heavy atom. The van der Waals surface area contributed by atoms with E-state index in [1.54, 1.807) is 6.92 Å². The van der Waals surface area contributed by atoms with Gasteiger partial charge in [-0.1, -0.05) is 13.3 Å². The maximum absolute atomic E-state index is 11.9. The predicted octanol–water partition coefficient (Wildman–Crippen LogP) is 2.19. The Kier molecular flexibility index (Phi) is 4.97. The quantitative estimate of drug-likeness (QED) is 0.411. The van der Waals surface area contributed by atoms with Crippen LogP contribution in [0.5, 0.6) is 17.2 Å². The summed E-state index contributed by atoms with van der Waals surface area (Å²) in [5, 5.41) is 27.8. The van der Waals surface area contributed by atoms with E-state index in [1.165, 1.54) is 0 Å². The summed E-state index contributed by atoms with van der Waals surface area (Å²) in [6.07, 6.45) is 1.19. The number of phenolic OH excluding ortho intramolecular Hbond substituents is 3. The first-order valence-corrected chi connectivity index (χ1v) is 5.88. The third-order valence-electron chi connectivity index (χ3n) is 2.59.